The predicted octanol–water partition coefficient (Wildman–Crippen LogP) is 1.65. The van der Waals surface area contributed by atoms with Crippen molar-refractivity contribution in [1.82, 2.24) is 4.31 Å². The first-order chi connectivity index (χ1) is 8.84. The average Bonchev–Trinajstić information content (AvgIpc) is 2.38. The number of hydrogen-bond acceptors (Lipinski definition) is 5. The maximum Gasteiger partial charge on any atom is 0.246 e. The zero-order valence-electron chi connectivity index (χ0n) is 11.6. The molecule has 19 heavy (non-hydrogen) atoms. The maximum atomic E-state index is 12.6. The van der Waals surface area contributed by atoms with Crippen molar-refractivity contribution >= 4 is 27.5 Å². The molecule has 0 radical (unpaired) electrons. The molecule has 0 aliphatic rings. The number of sulfonamides is 1. The largest absolute Gasteiger partial charge is 0.495 e. The third kappa shape index (κ3) is 3.55. The van der Waals surface area contributed by atoms with E-state index in [2.05, 4.69) is 0 Å². The normalized spacial score (nSPS) is 13.5. The lowest BCUT2D eigenvalue weighted by Crippen LogP contribution is -2.36. The third-order valence-corrected chi connectivity index (χ3v) is 5.68. The van der Waals surface area contributed by atoms with Gasteiger partial charge in [0.15, 0.2) is 0 Å². The number of methoxy groups -OCH3 is 1. The van der Waals surface area contributed by atoms with Crippen LogP contribution in [0.15, 0.2) is 23.1 Å². The van der Waals surface area contributed by atoms with Crippen LogP contribution in [0, 0.1) is 0 Å². The standard InChI is InChI=1S/C12H20N2O3S2/c1-9(8-18-4)14(2)19(15,16)12-7-10(13)5-6-11(12)17-3/h5-7,9H,8,13H2,1-4H3. The summed E-state index contributed by atoms with van der Waals surface area (Å²) in [7, 11) is -0.602. The van der Waals surface area contributed by atoms with Crippen LogP contribution >= 0.6 is 11.8 Å². The van der Waals surface area contributed by atoms with E-state index >= 15 is 0 Å². The Morgan fingerprint density at radius 3 is 2.63 bits per heavy atom. The summed E-state index contributed by atoms with van der Waals surface area (Å²) in [5, 5.41) is 0. The van der Waals surface area contributed by atoms with E-state index in [1.807, 2.05) is 13.2 Å². The van der Waals surface area contributed by atoms with E-state index in [0.717, 1.165) is 5.75 Å². The topological polar surface area (TPSA) is 72.6 Å². The number of nitrogen functional groups attached to an aromatic ring is 1. The van der Waals surface area contributed by atoms with Gasteiger partial charge in [-0.3, -0.25) is 0 Å². The highest BCUT2D eigenvalue weighted by atomic mass is 32.2. The molecule has 108 valence electrons. The molecule has 1 rings (SSSR count). The van der Waals surface area contributed by atoms with E-state index in [1.54, 1.807) is 30.9 Å². The molecule has 0 aliphatic heterocycles. The number of thioether (sulfide) groups is 1. The molecule has 5 nitrogen and oxygen atoms in total. The van der Waals surface area contributed by atoms with Crippen molar-refractivity contribution in [2.75, 3.05) is 31.9 Å². The molecule has 1 aromatic carbocycles. The first kappa shape index (κ1) is 16.1. The molecule has 0 aliphatic carbocycles. The Morgan fingerprint density at radius 1 is 1.47 bits per heavy atom. The summed E-state index contributed by atoms with van der Waals surface area (Å²) in [4.78, 5) is 0.102. The minimum Gasteiger partial charge on any atom is -0.495 e. The lowest BCUT2D eigenvalue weighted by atomic mass is 10.3. The Kier molecular flexibility index (Phi) is 5.51. The zero-order chi connectivity index (χ0) is 14.6. The molecule has 0 heterocycles. The minimum atomic E-state index is -3.61. The van der Waals surface area contributed by atoms with Gasteiger partial charge in [-0.2, -0.15) is 16.1 Å². The lowest BCUT2D eigenvalue weighted by Gasteiger charge is -2.24. The molecule has 0 saturated carbocycles. The number of rotatable bonds is 6. The van der Waals surface area contributed by atoms with Crippen molar-refractivity contribution in [2.45, 2.75) is 17.9 Å². The maximum absolute atomic E-state index is 12.6. The number of benzene rings is 1. The van der Waals surface area contributed by atoms with Crippen LogP contribution in [0.25, 0.3) is 0 Å². The van der Waals surface area contributed by atoms with Crippen molar-refractivity contribution in [3.63, 3.8) is 0 Å². The fraction of sp³-hybridized carbons (Fsp3) is 0.500. The summed E-state index contributed by atoms with van der Waals surface area (Å²) >= 11 is 1.60. The second kappa shape index (κ2) is 6.49. The highest BCUT2D eigenvalue weighted by molar-refractivity contribution is 7.98. The van der Waals surface area contributed by atoms with Crippen molar-refractivity contribution in [3.8, 4) is 5.75 Å². The number of hydrogen-bond donors (Lipinski definition) is 1. The average molecular weight is 304 g/mol. The van der Waals surface area contributed by atoms with E-state index in [-0.39, 0.29) is 10.9 Å². The Morgan fingerprint density at radius 2 is 2.11 bits per heavy atom. The minimum absolute atomic E-state index is 0.102. The van der Waals surface area contributed by atoms with Crippen LogP contribution in [0.1, 0.15) is 6.92 Å². The molecule has 7 heteroatoms. The van der Waals surface area contributed by atoms with Gasteiger partial charge in [0.25, 0.3) is 0 Å². The number of nitrogens with two attached hydrogens (primary N) is 1. The molecule has 1 unspecified atom stereocenters. The Hall–Kier alpha value is -0.920. The van der Waals surface area contributed by atoms with Crippen molar-refractivity contribution < 1.29 is 13.2 Å². The quantitative estimate of drug-likeness (QED) is 0.809. The van der Waals surface area contributed by atoms with Gasteiger partial charge < -0.3 is 10.5 Å². The molecule has 2 N–H and O–H groups in total. The molecule has 0 aromatic heterocycles. The van der Waals surface area contributed by atoms with Gasteiger partial charge in [0.05, 0.1) is 7.11 Å². The summed E-state index contributed by atoms with van der Waals surface area (Å²) in [6.07, 6.45) is 1.94. The molecule has 0 bridgehead atoms. The van der Waals surface area contributed by atoms with Crippen LogP contribution in [0.2, 0.25) is 0 Å². The van der Waals surface area contributed by atoms with Gasteiger partial charge >= 0.3 is 0 Å². The summed E-state index contributed by atoms with van der Waals surface area (Å²) in [5.41, 5.74) is 6.06. The molecule has 0 amide bonds. The van der Waals surface area contributed by atoms with Crippen molar-refractivity contribution in [1.29, 1.82) is 0 Å². The van der Waals surface area contributed by atoms with E-state index in [0.29, 0.717) is 11.4 Å². The molecule has 0 saturated heterocycles. The van der Waals surface area contributed by atoms with Gasteiger partial charge in [0.2, 0.25) is 10.0 Å². The first-order valence-corrected chi connectivity index (χ1v) is 8.58. The predicted molar refractivity (Wildman–Crippen MR) is 80.2 cm³/mol. The fourth-order valence-corrected chi connectivity index (χ4v) is 3.98. The number of anilines is 1. The highest BCUT2D eigenvalue weighted by Gasteiger charge is 2.28. The summed E-state index contributed by atoms with van der Waals surface area (Å²) < 4.78 is 31.6. The van der Waals surface area contributed by atoms with Gasteiger partial charge in [0, 0.05) is 24.5 Å². The van der Waals surface area contributed by atoms with Gasteiger partial charge in [-0.05, 0) is 31.4 Å². The van der Waals surface area contributed by atoms with E-state index in [1.165, 1.54) is 17.5 Å². The van der Waals surface area contributed by atoms with Gasteiger partial charge in [-0.15, -0.1) is 0 Å². The second-order valence-corrected chi connectivity index (χ2v) is 7.11. The first-order valence-electron chi connectivity index (χ1n) is 5.75. The second-order valence-electron chi connectivity index (χ2n) is 4.24. The van der Waals surface area contributed by atoms with Gasteiger partial charge in [-0.25, -0.2) is 8.42 Å². The van der Waals surface area contributed by atoms with Crippen LogP contribution < -0.4 is 10.5 Å². The van der Waals surface area contributed by atoms with Gasteiger partial charge in [0.1, 0.15) is 10.6 Å². The summed E-state index contributed by atoms with van der Waals surface area (Å²) in [5.74, 6) is 1.03. The van der Waals surface area contributed by atoms with E-state index < -0.39 is 10.0 Å². The van der Waals surface area contributed by atoms with Crippen molar-refractivity contribution in [3.05, 3.63) is 18.2 Å². The van der Waals surface area contributed by atoms with E-state index in [9.17, 15) is 8.42 Å². The van der Waals surface area contributed by atoms with Crippen LogP contribution in [-0.2, 0) is 10.0 Å². The third-order valence-electron chi connectivity index (χ3n) is 2.87. The van der Waals surface area contributed by atoms with Gasteiger partial charge in [-0.1, -0.05) is 0 Å². The highest BCUT2D eigenvalue weighted by Crippen LogP contribution is 2.29. The molecule has 1 aromatic rings. The van der Waals surface area contributed by atoms with Crippen LogP contribution in [0.3, 0.4) is 0 Å². The summed E-state index contributed by atoms with van der Waals surface area (Å²) in [6, 6.07) is 4.50. The van der Waals surface area contributed by atoms with Crippen LogP contribution in [0.4, 0.5) is 5.69 Å². The smallest absolute Gasteiger partial charge is 0.246 e. The molecular weight excluding hydrogens is 284 g/mol. The molecular formula is C12H20N2O3S2. The fourth-order valence-electron chi connectivity index (χ4n) is 1.63. The molecule has 1 atom stereocenters. The van der Waals surface area contributed by atoms with Crippen molar-refractivity contribution in [2.24, 2.45) is 0 Å². The Bertz CT molecular complexity index is 532. The van der Waals surface area contributed by atoms with E-state index in [4.69, 9.17) is 10.5 Å². The summed E-state index contributed by atoms with van der Waals surface area (Å²) in [6.45, 7) is 1.87. The Balaban J connectivity index is 3.23. The Labute approximate surface area is 119 Å². The zero-order valence-corrected chi connectivity index (χ0v) is 13.2. The van der Waals surface area contributed by atoms with Crippen LogP contribution in [0.5, 0.6) is 5.75 Å². The monoisotopic (exact) mass is 304 g/mol. The lowest BCUT2D eigenvalue weighted by molar-refractivity contribution is 0.389. The van der Waals surface area contributed by atoms with Crippen LogP contribution in [-0.4, -0.2) is 44.9 Å². The SMILES string of the molecule is COc1ccc(N)cc1S(=O)(=O)N(C)C(C)CSC. The molecule has 0 spiro atoms. The molecule has 0 fully saturated rings. The number of nitrogens with zero attached hydrogens (tertiary/aromatic N) is 1. The number of ether oxygens (including phenoxy) is 1.